The third-order valence-corrected chi connectivity index (χ3v) is 5.77. The van der Waals surface area contributed by atoms with Crippen molar-refractivity contribution in [1.82, 2.24) is 15.5 Å². The highest BCUT2D eigenvalue weighted by Crippen LogP contribution is 2.43. The number of nitrogens with zero attached hydrogens (tertiary/aromatic N) is 1. The lowest BCUT2D eigenvalue weighted by Crippen LogP contribution is -2.39. The number of hydrogen-bond donors (Lipinski definition) is 2. The standard InChI is InChI=1S/C23H27N3O2/c1-27-19-9-7-8-17(14-19)22-18(16-25-26-22)15-24-23(12-5-6-13-23)20-10-3-4-11-21(20)28-2/h3-4,7-11,14,16,24H,5-6,12-13,15H2,1-2H3,(H,25,26). The van der Waals surface area contributed by atoms with E-state index >= 15 is 0 Å². The number of ether oxygens (including phenoxy) is 2. The Balaban J connectivity index is 1.61. The van der Waals surface area contributed by atoms with Crippen LogP contribution in [0.5, 0.6) is 11.5 Å². The predicted molar refractivity (Wildman–Crippen MR) is 111 cm³/mol. The van der Waals surface area contributed by atoms with E-state index in [1.165, 1.54) is 18.4 Å². The van der Waals surface area contributed by atoms with E-state index in [1.54, 1.807) is 14.2 Å². The molecule has 0 saturated heterocycles. The lowest BCUT2D eigenvalue weighted by molar-refractivity contribution is 0.317. The van der Waals surface area contributed by atoms with Crippen LogP contribution in [0.4, 0.5) is 0 Å². The van der Waals surface area contributed by atoms with Gasteiger partial charge in [-0.2, -0.15) is 5.10 Å². The van der Waals surface area contributed by atoms with Gasteiger partial charge in [-0.05, 0) is 31.0 Å². The van der Waals surface area contributed by atoms with Gasteiger partial charge in [-0.15, -0.1) is 0 Å². The maximum absolute atomic E-state index is 5.67. The molecule has 0 aliphatic heterocycles. The molecule has 0 unspecified atom stereocenters. The molecule has 5 nitrogen and oxygen atoms in total. The Kier molecular flexibility index (Phi) is 5.35. The summed E-state index contributed by atoms with van der Waals surface area (Å²) in [5, 5.41) is 11.3. The molecule has 4 rings (SSSR count). The number of aromatic nitrogens is 2. The van der Waals surface area contributed by atoms with Gasteiger partial charge in [0, 0.05) is 28.8 Å². The van der Waals surface area contributed by atoms with Gasteiger partial charge in [0.1, 0.15) is 11.5 Å². The average Bonchev–Trinajstić information content (AvgIpc) is 3.42. The van der Waals surface area contributed by atoms with Crippen molar-refractivity contribution in [2.75, 3.05) is 14.2 Å². The van der Waals surface area contributed by atoms with Crippen molar-refractivity contribution in [2.45, 2.75) is 37.8 Å². The van der Waals surface area contributed by atoms with Gasteiger partial charge in [-0.1, -0.05) is 43.2 Å². The van der Waals surface area contributed by atoms with E-state index in [0.29, 0.717) is 0 Å². The molecular weight excluding hydrogens is 350 g/mol. The fourth-order valence-corrected chi connectivity index (χ4v) is 4.30. The van der Waals surface area contributed by atoms with Crippen LogP contribution in [0.15, 0.2) is 54.7 Å². The summed E-state index contributed by atoms with van der Waals surface area (Å²) in [6, 6.07) is 16.4. The molecular formula is C23H27N3O2. The van der Waals surface area contributed by atoms with Gasteiger partial charge in [-0.3, -0.25) is 5.10 Å². The zero-order valence-electron chi connectivity index (χ0n) is 16.5. The fourth-order valence-electron chi connectivity index (χ4n) is 4.30. The molecule has 1 aliphatic rings. The molecule has 0 spiro atoms. The van der Waals surface area contributed by atoms with E-state index in [1.807, 2.05) is 30.5 Å². The Bertz CT molecular complexity index is 929. The maximum atomic E-state index is 5.67. The Morgan fingerprint density at radius 3 is 2.64 bits per heavy atom. The van der Waals surface area contributed by atoms with Gasteiger partial charge >= 0.3 is 0 Å². The lowest BCUT2D eigenvalue weighted by Gasteiger charge is -2.32. The minimum Gasteiger partial charge on any atom is -0.497 e. The number of H-pyrrole nitrogens is 1. The van der Waals surface area contributed by atoms with Crippen molar-refractivity contribution in [3.63, 3.8) is 0 Å². The quantitative estimate of drug-likeness (QED) is 0.629. The summed E-state index contributed by atoms with van der Waals surface area (Å²) < 4.78 is 11.0. The number of methoxy groups -OCH3 is 2. The van der Waals surface area contributed by atoms with E-state index in [2.05, 4.69) is 39.8 Å². The first-order valence-corrected chi connectivity index (χ1v) is 9.81. The van der Waals surface area contributed by atoms with Crippen molar-refractivity contribution in [1.29, 1.82) is 0 Å². The van der Waals surface area contributed by atoms with Gasteiger partial charge in [0.2, 0.25) is 0 Å². The maximum Gasteiger partial charge on any atom is 0.123 e. The van der Waals surface area contributed by atoms with Crippen molar-refractivity contribution in [3.05, 3.63) is 65.9 Å². The molecule has 146 valence electrons. The van der Waals surface area contributed by atoms with Gasteiger partial charge in [-0.25, -0.2) is 0 Å². The van der Waals surface area contributed by atoms with Crippen molar-refractivity contribution >= 4 is 0 Å². The number of nitrogens with one attached hydrogen (secondary N) is 2. The Morgan fingerprint density at radius 2 is 1.86 bits per heavy atom. The van der Waals surface area contributed by atoms with Crippen LogP contribution in [0, 0.1) is 0 Å². The SMILES string of the molecule is COc1cccc(-c2[nH]ncc2CNC2(c3ccccc3OC)CCCC2)c1. The highest BCUT2D eigenvalue weighted by molar-refractivity contribution is 5.64. The van der Waals surface area contributed by atoms with Gasteiger partial charge in [0.15, 0.2) is 0 Å². The summed E-state index contributed by atoms with van der Waals surface area (Å²) >= 11 is 0. The molecule has 5 heteroatoms. The Hall–Kier alpha value is -2.79. The van der Waals surface area contributed by atoms with Crippen LogP contribution in [-0.2, 0) is 12.1 Å². The minimum absolute atomic E-state index is 0.0600. The smallest absolute Gasteiger partial charge is 0.123 e. The lowest BCUT2D eigenvalue weighted by atomic mass is 9.87. The molecule has 1 aliphatic carbocycles. The zero-order valence-corrected chi connectivity index (χ0v) is 16.5. The van der Waals surface area contributed by atoms with Crippen molar-refractivity contribution in [2.24, 2.45) is 0 Å². The fraction of sp³-hybridized carbons (Fsp3) is 0.348. The third-order valence-electron chi connectivity index (χ3n) is 5.77. The summed E-state index contributed by atoms with van der Waals surface area (Å²) in [5.74, 6) is 1.80. The largest absolute Gasteiger partial charge is 0.497 e. The molecule has 1 heterocycles. The molecule has 0 bridgehead atoms. The molecule has 0 radical (unpaired) electrons. The molecule has 3 aromatic rings. The summed E-state index contributed by atoms with van der Waals surface area (Å²) in [4.78, 5) is 0. The average molecular weight is 377 g/mol. The second kappa shape index (κ2) is 8.07. The van der Waals surface area contributed by atoms with Gasteiger partial charge in [0.25, 0.3) is 0 Å². The summed E-state index contributed by atoms with van der Waals surface area (Å²) in [6.07, 6.45) is 6.57. The summed E-state index contributed by atoms with van der Waals surface area (Å²) in [6.45, 7) is 0.737. The first-order chi connectivity index (χ1) is 13.8. The second-order valence-electron chi connectivity index (χ2n) is 7.35. The van der Waals surface area contributed by atoms with Crippen LogP contribution in [0.3, 0.4) is 0 Å². The van der Waals surface area contributed by atoms with E-state index in [0.717, 1.165) is 47.7 Å². The monoisotopic (exact) mass is 377 g/mol. The minimum atomic E-state index is -0.0600. The molecule has 0 amide bonds. The zero-order chi connectivity index (χ0) is 19.4. The van der Waals surface area contributed by atoms with Crippen LogP contribution < -0.4 is 14.8 Å². The van der Waals surface area contributed by atoms with E-state index < -0.39 is 0 Å². The van der Waals surface area contributed by atoms with Crippen molar-refractivity contribution in [3.8, 4) is 22.8 Å². The molecule has 28 heavy (non-hydrogen) atoms. The Morgan fingerprint density at radius 1 is 1.04 bits per heavy atom. The van der Waals surface area contributed by atoms with Crippen LogP contribution in [0.2, 0.25) is 0 Å². The number of hydrogen-bond acceptors (Lipinski definition) is 4. The normalized spacial score (nSPS) is 15.5. The van der Waals surface area contributed by atoms with Gasteiger partial charge in [0.05, 0.1) is 26.1 Å². The first kappa shape index (κ1) is 18.6. The van der Waals surface area contributed by atoms with E-state index in [4.69, 9.17) is 9.47 Å². The highest BCUT2D eigenvalue weighted by Gasteiger charge is 2.37. The van der Waals surface area contributed by atoms with E-state index in [-0.39, 0.29) is 5.54 Å². The molecule has 1 aromatic heterocycles. The summed E-state index contributed by atoms with van der Waals surface area (Å²) in [5.41, 5.74) is 4.44. The highest BCUT2D eigenvalue weighted by atomic mass is 16.5. The Labute approximate surface area is 166 Å². The van der Waals surface area contributed by atoms with Crippen LogP contribution >= 0.6 is 0 Å². The molecule has 2 N–H and O–H groups in total. The van der Waals surface area contributed by atoms with Crippen LogP contribution in [-0.4, -0.2) is 24.4 Å². The van der Waals surface area contributed by atoms with Crippen molar-refractivity contribution < 1.29 is 9.47 Å². The number of para-hydroxylation sites is 1. The van der Waals surface area contributed by atoms with Gasteiger partial charge < -0.3 is 14.8 Å². The summed E-state index contributed by atoms with van der Waals surface area (Å²) in [7, 11) is 3.43. The third kappa shape index (κ3) is 3.50. The molecule has 0 atom stereocenters. The predicted octanol–water partition coefficient (Wildman–Crippen LogP) is 4.65. The topological polar surface area (TPSA) is 59.2 Å². The second-order valence-corrected chi connectivity index (χ2v) is 7.35. The number of rotatable bonds is 7. The van der Waals surface area contributed by atoms with Crippen LogP contribution in [0.25, 0.3) is 11.3 Å². The number of aromatic amines is 1. The van der Waals surface area contributed by atoms with E-state index in [9.17, 15) is 0 Å². The molecule has 1 saturated carbocycles. The number of benzene rings is 2. The van der Waals surface area contributed by atoms with Crippen LogP contribution in [0.1, 0.15) is 36.8 Å². The molecule has 1 fully saturated rings. The first-order valence-electron chi connectivity index (χ1n) is 9.81. The molecule has 2 aromatic carbocycles.